The maximum atomic E-state index is 12.7. The molecule has 1 heterocycles. The third kappa shape index (κ3) is 2.48. The second-order valence-corrected chi connectivity index (χ2v) is 5.44. The molecule has 0 radical (unpaired) electrons. The summed E-state index contributed by atoms with van der Waals surface area (Å²) >= 11 is 3.30. The maximum Gasteiger partial charge on any atom is 0.407 e. The summed E-state index contributed by atoms with van der Waals surface area (Å²) in [5.41, 5.74) is 0.00532. The Hall–Kier alpha value is -1.17. The lowest BCUT2D eigenvalue weighted by atomic mass is 9.71. The normalized spacial score (nSPS) is 17.7. The molecule has 0 saturated carbocycles. The van der Waals surface area contributed by atoms with Gasteiger partial charge in [0.05, 0.1) is 0 Å². The molecule has 0 unspecified atom stereocenters. The van der Waals surface area contributed by atoms with E-state index in [9.17, 15) is 13.6 Å². The van der Waals surface area contributed by atoms with Crippen molar-refractivity contribution in [3.8, 4) is 0 Å². The van der Waals surface area contributed by atoms with E-state index in [0.29, 0.717) is 0 Å². The fourth-order valence-corrected chi connectivity index (χ4v) is 2.76. The van der Waals surface area contributed by atoms with Crippen LogP contribution in [0.4, 0.5) is 13.6 Å². The van der Waals surface area contributed by atoms with Gasteiger partial charge in [-0.15, -0.1) is 0 Å². The lowest BCUT2D eigenvalue weighted by Gasteiger charge is -2.49. The van der Waals surface area contributed by atoms with Crippen LogP contribution in [0.5, 0.6) is 0 Å². The fraction of sp³-hybridized carbons (Fsp3) is 0.417. The van der Waals surface area contributed by atoms with Crippen molar-refractivity contribution in [3.63, 3.8) is 0 Å². The third-order valence-electron chi connectivity index (χ3n) is 3.24. The molecule has 0 spiro atoms. The highest BCUT2D eigenvalue weighted by atomic mass is 79.9. The number of nitrogens with zero attached hydrogens (tertiary/aromatic N) is 1. The minimum atomic E-state index is -2.44. The monoisotopic (exact) mass is 319 g/mol. The molecule has 1 aromatic carbocycles. The number of carbonyl (C=O) groups is 1. The minimum absolute atomic E-state index is 0.128. The molecule has 1 saturated heterocycles. The van der Waals surface area contributed by atoms with Crippen molar-refractivity contribution in [2.45, 2.75) is 18.3 Å². The van der Waals surface area contributed by atoms with Gasteiger partial charge < -0.3 is 10.0 Å². The number of likely N-dealkylation sites (tertiary alicyclic amines) is 1. The fourth-order valence-electron chi connectivity index (χ4n) is 2.36. The van der Waals surface area contributed by atoms with Crippen molar-refractivity contribution < 1.29 is 18.7 Å². The molecular formula is C12H12BrF2NO2. The highest BCUT2D eigenvalue weighted by Crippen LogP contribution is 2.40. The highest BCUT2D eigenvalue weighted by Gasteiger charge is 2.48. The minimum Gasteiger partial charge on any atom is -0.465 e. The van der Waals surface area contributed by atoms with Crippen LogP contribution in [0.2, 0.25) is 0 Å². The third-order valence-corrected chi connectivity index (χ3v) is 3.73. The number of benzene rings is 1. The molecule has 2 rings (SSSR count). The van der Waals surface area contributed by atoms with Crippen LogP contribution in [0.1, 0.15) is 12.0 Å². The van der Waals surface area contributed by atoms with Gasteiger partial charge in [-0.1, -0.05) is 28.1 Å². The molecule has 0 bridgehead atoms. The molecule has 1 amide bonds. The molecule has 1 aliphatic rings. The van der Waals surface area contributed by atoms with Gasteiger partial charge >= 0.3 is 6.09 Å². The van der Waals surface area contributed by atoms with Gasteiger partial charge in [-0.05, 0) is 17.7 Å². The van der Waals surface area contributed by atoms with Gasteiger partial charge in [-0.2, -0.15) is 0 Å². The molecule has 18 heavy (non-hydrogen) atoms. The molecular weight excluding hydrogens is 308 g/mol. The zero-order valence-corrected chi connectivity index (χ0v) is 11.0. The van der Waals surface area contributed by atoms with E-state index in [2.05, 4.69) is 15.9 Å². The Bertz CT molecular complexity index is 461. The highest BCUT2D eigenvalue weighted by molar-refractivity contribution is 9.10. The lowest BCUT2D eigenvalue weighted by molar-refractivity contribution is 0.0138. The van der Waals surface area contributed by atoms with E-state index in [1.807, 2.05) is 6.07 Å². The van der Waals surface area contributed by atoms with Crippen molar-refractivity contribution in [2.24, 2.45) is 0 Å². The summed E-state index contributed by atoms with van der Waals surface area (Å²) in [5.74, 6) is 0. The number of carboxylic acid groups (broad SMARTS) is 1. The number of alkyl halides is 2. The number of rotatable bonds is 3. The largest absolute Gasteiger partial charge is 0.465 e. The number of hydrogen-bond donors (Lipinski definition) is 1. The average Bonchev–Trinajstić information content (AvgIpc) is 2.21. The Kier molecular flexibility index (Phi) is 3.56. The summed E-state index contributed by atoms with van der Waals surface area (Å²) in [4.78, 5) is 11.9. The molecule has 98 valence electrons. The van der Waals surface area contributed by atoms with Crippen LogP contribution in [-0.2, 0) is 5.41 Å². The first-order chi connectivity index (χ1) is 8.43. The smallest absolute Gasteiger partial charge is 0.407 e. The Morgan fingerprint density at radius 1 is 1.50 bits per heavy atom. The Morgan fingerprint density at radius 3 is 2.67 bits per heavy atom. The second kappa shape index (κ2) is 4.84. The van der Waals surface area contributed by atoms with Gasteiger partial charge in [0.2, 0.25) is 6.43 Å². The zero-order chi connectivity index (χ0) is 13.3. The van der Waals surface area contributed by atoms with Crippen molar-refractivity contribution in [2.75, 3.05) is 13.1 Å². The summed E-state index contributed by atoms with van der Waals surface area (Å²) in [5, 5.41) is 8.83. The van der Waals surface area contributed by atoms with E-state index in [1.54, 1.807) is 18.2 Å². The molecule has 1 aromatic rings. The van der Waals surface area contributed by atoms with Gasteiger partial charge in [0.15, 0.2) is 0 Å². The quantitative estimate of drug-likeness (QED) is 0.928. The van der Waals surface area contributed by atoms with Crippen LogP contribution in [-0.4, -0.2) is 35.6 Å². The molecule has 1 N–H and O–H groups in total. The van der Waals surface area contributed by atoms with Gasteiger partial charge in [0.25, 0.3) is 0 Å². The number of hydrogen-bond acceptors (Lipinski definition) is 1. The lowest BCUT2D eigenvalue weighted by Crippen LogP contribution is -2.61. The molecule has 3 nitrogen and oxygen atoms in total. The van der Waals surface area contributed by atoms with Crippen LogP contribution in [0, 0.1) is 0 Å². The second-order valence-electron chi connectivity index (χ2n) is 4.52. The van der Waals surface area contributed by atoms with E-state index >= 15 is 0 Å². The zero-order valence-electron chi connectivity index (χ0n) is 9.44. The summed E-state index contributed by atoms with van der Waals surface area (Å²) < 4.78 is 26.2. The summed E-state index contributed by atoms with van der Waals surface area (Å²) in [6, 6.07) is 7.14. The maximum absolute atomic E-state index is 12.7. The van der Waals surface area contributed by atoms with Gasteiger partial charge in [-0.3, -0.25) is 0 Å². The van der Waals surface area contributed by atoms with E-state index in [-0.39, 0.29) is 19.5 Å². The van der Waals surface area contributed by atoms with Crippen LogP contribution >= 0.6 is 15.9 Å². The molecule has 0 aliphatic carbocycles. The predicted molar refractivity (Wildman–Crippen MR) is 66.0 cm³/mol. The van der Waals surface area contributed by atoms with E-state index in [4.69, 9.17) is 5.11 Å². The summed E-state index contributed by atoms with van der Waals surface area (Å²) in [6.45, 7) is 0.256. The first kappa shape index (κ1) is 13.3. The van der Waals surface area contributed by atoms with Crippen LogP contribution in [0.3, 0.4) is 0 Å². The van der Waals surface area contributed by atoms with Gasteiger partial charge in [0.1, 0.15) is 0 Å². The van der Waals surface area contributed by atoms with E-state index in [1.165, 1.54) is 0 Å². The Labute approximate surface area is 112 Å². The summed E-state index contributed by atoms with van der Waals surface area (Å²) in [6.07, 6.45) is -3.82. The number of halogens is 3. The SMILES string of the molecule is O=C(O)N1CC(CC(F)F)(c2cccc(Br)c2)C1. The van der Waals surface area contributed by atoms with Gasteiger partial charge in [0, 0.05) is 29.4 Å². The van der Waals surface area contributed by atoms with Crippen LogP contribution in [0.15, 0.2) is 28.7 Å². The topological polar surface area (TPSA) is 40.5 Å². The first-order valence-corrected chi connectivity index (χ1v) is 6.24. The van der Waals surface area contributed by atoms with Crippen LogP contribution in [0.25, 0.3) is 0 Å². The molecule has 1 fully saturated rings. The van der Waals surface area contributed by atoms with Crippen molar-refractivity contribution >= 4 is 22.0 Å². The summed E-state index contributed by atoms with van der Waals surface area (Å²) in [7, 11) is 0. The first-order valence-electron chi connectivity index (χ1n) is 5.45. The Balaban J connectivity index is 2.25. The molecule has 1 aliphatic heterocycles. The van der Waals surface area contributed by atoms with Crippen molar-refractivity contribution in [1.29, 1.82) is 0 Å². The average molecular weight is 320 g/mol. The number of amides is 1. The van der Waals surface area contributed by atoms with Gasteiger partial charge in [-0.25, -0.2) is 13.6 Å². The van der Waals surface area contributed by atoms with E-state index in [0.717, 1.165) is 14.9 Å². The van der Waals surface area contributed by atoms with E-state index < -0.39 is 17.9 Å². The molecule has 0 aromatic heterocycles. The van der Waals surface area contributed by atoms with Crippen LogP contribution < -0.4 is 0 Å². The Morgan fingerprint density at radius 2 is 2.17 bits per heavy atom. The predicted octanol–water partition coefficient (Wildman–Crippen LogP) is 3.34. The van der Waals surface area contributed by atoms with Crippen molar-refractivity contribution in [3.05, 3.63) is 34.3 Å². The molecule has 0 atom stereocenters. The molecule has 6 heteroatoms. The standard InChI is InChI=1S/C12H12BrF2NO2/c13-9-3-1-2-8(4-9)12(5-10(14)15)6-16(7-12)11(17)18/h1-4,10H,5-7H2,(H,17,18). The van der Waals surface area contributed by atoms with Crippen molar-refractivity contribution in [1.82, 2.24) is 4.90 Å².